The van der Waals surface area contributed by atoms with Crippen LogP contribution in [0, 0.1) is 11.7 Å². The molecule has 0 aromatic heterocycles. The standard InChI is InChI=1S/C12H16ClFN2/c13-10-6-9(14)4-5-12(10)16-11-3-1-2-8(11)7-15/h4-6,8,11,16H,1-3,7,15H2. The number of benzene rings is 1. The van der Waals surface area contributed by atoms with E-state index in [-0.39, 0.29) is 5.82 Å². The van der Waals surface area contributed by atoms with Gasteiger partial charge in [-0.25, -0.2) is 4.39 Å². The van der Waals surface area contributed by atoms with Gasteiger partial charge in [-0.2, -0.15) is 0 Å². The van der Waals surface area contributed by atoms with E-state index in [1.165, 1.54) is 18.6 Å². The summed E-state index contributed by atoms with van der Waals surface area (Å²) in [5, 5.41) is 3.79. The summed E-state index contributed by atoms with van der Waals surface area (Å²) in [6, 6.07) is 4.80. The Morgan fingerprint density at radius 2 is 2.25 bits per heavy atom. The van der Waals surface area contributed by atoms with Gasteiger partial charge >= 0.3 is 0 Å². The number of anilines is 1. The first kappa shape index (κ1) is 11.7. The van der Waals surface area contributed by atoms with Crippen molar-refractivity contribution in [3.05, 3.63) is 29.0 Å². The second-order valence-electron chi connectivity index (χ2n) is 4.30. The number of rotatable bonds is 3. The molecule has 2 nitrogen and oxygen atoms in total. The molecule has 0 radical (unpaired) electrons. The summed E-state index contributed by atoms with van der Waals surface area (Å²) in [4.78, 5) is 0. The van der Waals surface area contributed by atoms with E-state index in [0.717, 1.165) is 18.5 Å². The molecule has 0 spiro atoms. The van der Waals surface area contributed by atoms with Gasteiger partial charge in [0.25, 0.3) is 0 Å². The third-order valence-corrected chi connectivity index (χ3v) is 3.55. The summed E-state index contributed by atoms with van der Waals surface area (Å²) in [7, 11) is 0. The van der Waals surface area contributed by atoms with Crippen LogP contribution in [0.3, 0.4) is 0 Å². The van der Waals surface area contributed by atoms with Crippen LogP contribution in [0.2, 0.25) is 5.02 Å². The first-order valence-electron chi connectivity index (χ1n) is 5.62. The molecule has 0 saturated heterocycles. The van der Waals surface area contributed by atoms with Crippen LogP contribution >= 0.6 is 11.6 Å². The van der Waals surface area contributed by atoms with E-state index >= 15 is 0 Å². The Balaban J connectivity index is 2.08. The molecule has 0 amide bonds. The van der Waals surface area contributed by atoms with Gasteiger partial charge in [0.05, 0.1) is 10.7 Å². The van der Waals surface area contributed by atoms with E-state index in [0.29, 0.717) is 23.5 Å². The average Bonchev–Trinajstić information content (AvgIpc) is 2.69. The Morgan fingerprint density at radius 1 is 1.44 bits per heavy atom. The van der Waals surface area contributed by atoms with Crippen molar-refractivity contribution >= 4 is 17.3 Å². The van der Waals surface area contributed by atoms with Gasteiger partial charge < -0.3 is 11.1 Å². The number of hydrogen-bond acceptors (Lipinski definition) is 2. The SMILES string of the molecule is NCC1CCCC1Nc1ccc(F)cc1Cl. The van der Waals surface area contributed by atoms with Gasteiger partial charge in [-0.05, 0) is 43.5 Å². The van der Waals surface area contributed by atoms with E-state index < -0.39 is 0 Å². The van der Waals surface area contributed by atoms with Crippen LogP contribution in [0.5, 0.6) is 0 Å². The molecule has 0 bridgehead atoms. The fourth-order valence-corrected chi connectivity index (χ4v) is 2.54. The van der Waals surface area contributed by atoms with Crippen LogP contribution < -0.4 is 11.1 Å². The molecule has 1 aliphatic rings. The molecule has 3 N–H and O–H groups in total. The summed E-state index contributed by atoms with van der Waals surface area (Å²) in [5.74, 6) is 0.193. The topological polar surface area (TPSA) is 38.0 Å². The molecule has 2 rings (SSSR count). The van der Waals surface area contributed by atoms with Gasteiger partial charge in [0.1, 0.15) is 5.82 Å². The van der Waals surface area contributed by atoms with Crippen molar-refractivity contribution < 1.29 is 4.39 Å². The summed E-state index contributed by atoms with van der Waals surface area (Å²) < 4.78 is 12.9. The molecule has 1 saturated carbocycles. The van der Waals surface area contributed by atoms with Crippen molar-refractivity contribution in [3.8, 4) is 0 Å². The highest BCUT2D eigenvalue weighted by molar-refractivity contribution is 6.33. The second kappa shape index (κ2) is 5.02. The third-order valence-electron chi connectivity index (χ3n) is 3.23. The fraction of sp³-hybridized carbons (Fsp3) is 0.500. The summed E-state index contributed by atoms with van der Waals surface area (Å²) in [5.41, 5.74) is 6.51. The average molecular weight is 243 g/mol. The Morgan fingerprint density at radius 3 is 2.94 bits per heavy atom. The third kappa shape index (κ3) is 2.47. The highest BCUT2D eigenvalue weighted by atomic mass is 35.5. The molecule has 2 unspecified atom stereocenters. The van der Waals surface area contributed by atoms with E-state index in [2.05, 4.69) is 5.32 Å². The fourth-order valence-electron chi connectivity index (χ4n) is 2.32. The van der Waals surface area contributed by atoms with Gasteiger partial charge in [0, 0.05) is 6.04 Å². The first-order valence-corrected chi connectivity index (χ1v) is 6.00. The van der Waals surface area contributed by atoms with Gasteiger partial charge in [-0.1, -0.05) is 18.0 Å². The Kier molecular flexibility index (Phi) is 3.66. The van der Waals surface area contributed by atoms with Crippen LogP contribution in [-0.2, 0) is 0 Å². The molecule has 1 aromatic carbocycles. The van der Waals surface area contributed by atoms with Gasteiger partial charge in [-0.3, -0.25) is 0 Å². The highest BCUT2D eigenvalue weighted by Crippen LogP contribution is 2.30. The normalized spacial score (nSPS) is 24.7. The Labute approximate surface area is 100.0 Å². The minimum atomic E-state index is -0.308. The molecular weight excluding hydrogens is 227 g/mol. The van der Waals surface area contributed by atoms with Crippen LogP contribution in [0.25, 0.3) is 0 Å². The minimum absolute atomic E-state index is 0.308. The lowest BCUT2D eigenvalue weighted by Crippen LogP contribution is -2.29. The van der Waals surface area contributed by atoms with E-state index in [4.69, 9.17) is 17.3 Å². The lowest BCUT2D eigenvalue weighted by atomic mass is 10.0. The molecule has 1 aliphatic carbocycles. The van der Waals surface area contributed by atoms with Crippen molar-refractivity contribution in [2.24, 2.45) is 11.7 Å². The van der Waals surface area contributed by atoms with Gasteiger partial charge in [-0.15, -0.1) is 0 Å². The maximum atomic E-state index is 12.9. The van der Waals surface area contributed by atoms with Gasteiger partial charge in [0.2, 0.25) is 0 Å². The van der Waals surface area contributed by atoms with Crippen molar-refractivity contribution in [1.29, 1.82) is 0 Å². The van der Waals surface area contributed by atoms with Crippen LogP contribution in [0.1, 0.15) is 19.3 Å². The Bertz CT molecular complexity index is 370. The van der Waals surface area contributed by atoms with E-state index in [1.54, 1.807) is 6.07 Å². The van der Waals surface area contributed by atoms with E-state index in [1.807, 2.05) is 0 Å². The van der Waals surface area contributed by atoms with E-state index in [9.17, 15) is 4.39 Å². The zero-order valence-corrected chi connectivity index (χ0v) is 9.80. The second-order valence-corrected chi connectivity index (χ2v) is 4.71. The van der Waals surface area contributed by atoms with Gasteiger partial charge in [0.15, 0.2) is 0 Å². The number of hydrogen-bond donors (Lipinski definition) is 2. The molecule has 2 atom stereocenters. The zero-order chi connectivity index (χ0) is 11.5. The van der Waals surface area contributed by atoms with Crippen molar-refractivity contribution in [2.75, 3.05) is 11.9 Å². The monoisotopic (exact) mass is 242 g/mol. The van der Waals surface area contributed by atoms with Crippen LogP contribution in [0.4, 0.5) is 10.1 Å². The summed E-state index contributed by atoms with van der Waals surface area (Å²) in [6.45, 7) is 0.691. The minimum Gasteiger partial charge on any atom is -0.381 e. The van der Waals surface area contributed by atoms with Crippen LogP contribution in [0.15, 0.2) is 18.2 Å². The molecule has 0 heterocycles. The number of nitrogens with two attached hydrogens (primary N) is 1. The molecule has 0 aliphatic heterocycles. The van der Waals surface area contributed by atoms with Crippen molar-refractivity contribution in [2.45, 2.75) is 25.3 Å². The van der Waals surface area contributed by atoms with Crippen molar-refractivity contribution in [1.82, 2.24) is 0 Å². The van der Waals surface area contributed by atoms with Crippen LogP contribution in [-0.4, -0.2) is 12.6 Å². The predicted molar refractivity (Wildman–Crippen MR) is 65.2 cm³/mol. The summed E-state index contributed by atoms with van der Waals surface area (Å²) >= 11 is 5.97. The smallest absolute Gasteiger partial charge is 0.124 e. The number of nitrogens with one attached hydrogen (secondary N) is 1. The highest BCUT2D eigenvalue weighted by Gasteiger charge is 2.26. The maximum Gasteiger partial charge on any atom is 0.124 e. The molecule has 1 fully saturated rings. The van der Waals surface area contributed by atoms with Crippen molar-refractivity contribution in [3.63, 3.8) is 0 Å². The molecule has 1 aromatic rings. The lowest BCUT2D eigenvalue weighted by molar-refractivity contribution is 0.516. The molecule has 88 valence electrons. The lowest BCUT2D eigenvalue weighted by Gasteiger charge is -2.21. The Hall–Kier alpha value is -0.800. The maximum absolute atomic E-state index is 12.9. The predicted octanol–water partition coefficient (Wildman–Crippen LogP) is 3.02. The largest absolute Gasteiger partial charge is 0.381 e. The quantitative estimate of drug-likeness (QED) is 0.855. The zero-order valence-electron chi connectivity index (χ0n) is 9.05. The summed E-state index contributed by atoms with van der Waals surface area (Å²) in [6.07, 6.45) is 3.46. The molecule has 16 heavy (non-hydrogen) atoms. The molecular formula is C12H16ClFN2. The molecule has 4 heteroatoms. The first-order chi connectivity index (χ1) is 7.70. The number of halogens is 2.